The zero-order chi connectivity index (χ0) is 22.4. The number of benzene rings is 2. The van der Waals surface area contributed by atoms with E-state index >= 15 is 0 Å². The Morgan fingerprint density at radius 2 is 1.83 bits per heavy atom. The molecular formula is C20H20Cl2FNO5S. The lowest BCUT2D eigenvalue weighted by Gasteiger charge is -2.21. The summed E-state index contributed by atoms with van der Waals surface area (Å²) < 4.78 is 49.4. The number of ether oxygens (including phenoxy) is 2. The summed E-state index contributed by atoms with van der Waals surface area (Å²) in [6.07, 6.45) is 0. The van der Waals surface area contributed by atoms with Crippen molar-refractivity contribution in [2.24, 2.45) is 0 Å². The summed E-state index contributed by atoms with van der Waals surface area (Å²) in [4.78, 5) is 14.5. The van der Waals surface area contributed by atoms with Crippen molar-refractivity contribution in [1.82, 2.24) is 4.90 Å². The second kappa shape index (κ2) is 8.24. The standard InChI is InChI=1S/C20H20Cl2FNO5S/c1-10(2)15-17(28-3)18(29-4)16-12(19(15)30(22,26)27)9-24(20(16)25)8-11-5-6-14(23)13(21)7-11/h5-7,10H,8-9H2,1-4H3. The van der Waals surface area contributed by atoms with Crippen LogP contribution in [-0.2, 0) is 22.1 Å². The summed E-state index contributed by atoms with van der Waals surface area (Å²) in [5.74, 6) is -0.976. The fourth-order valence-electron chi connectivity index (χ4n) is 3.74. The van der Waals surface area contributed by atoms with Gasteiger partial charge in [-0.05, 0) is 23.6 Å². The first kappa shape index (κ1) is 22.7. The summed E-state index contributed by atoms with van der Waals surface area (Å²) in [6, 6.07) is 4.14. The van der Waals surface area contributed by atoms with Crippen molar-refractivity contribution in [3.63, 3.8) is 0 Å². The van der Waals surface area contributed by atoms with Crippen molar-refractivity contribution in [1.29, 1.82) is 0 Å². The number of carbonyl (C=O) groups excluding carboxylic acids is 1. The molecule has 0 radical (unpaired) electrons. The van der Waals surface area contributed by atoms with Crippen LogP contribution in [0, 0.1) is 5.82 Å². The van der Waals surface area contributed by atoms with Crippen LogP contribution in [0.3, 0.4) is 0 Å². The van der Waals surface area contributed by atoms with E-state index in [1.54, 1.807) is 13.8 Å². The predicted octanol–water partition coefficient (Wildman–Crippen LogP) is 4.70. The molecule has 0 aromatic heterocycles. The van der Waals surface area contributed by atoms with Gasteiger partial charge in [0.2, 0.25) is 0 Å². The number of carbonyl (C=O) groups is 1. The molecule has 6 nitrogen and oxygen atoms in total. The van der Waals surface area contributed by atoms with Crippen LogP contribution in [0.4, 0.5) is 4.39 Å². The first-order valence-corrected chi connectivity index (χ1v) is 11.7. The minimum absolute atomic E-state index is 0.00940. The average Bonchev–Trinajstić information content (AvgIpc) is 2.97. The molecule has 0 saturated carbocycles. The van der Waals surface area contributed by atoms with E-state index in [0.29, 0.717) is 11.1 Å². The molecule has 162 valence electrons. The molecule has 30 heavy (non-hydrogen) atoms. The Morgan fingerprint density at radius 1 is 1.20 bits per heavy atom. The second-order valence-electron chi connectivity index (χ2n) is 7.17. The van der Waals surface area contributed by atoms with Crippen molar-refractivity contribution in [3.8, 4) is 11.5 Å². The van der Waals surface area contributed by atoms with Gasteiger partial charge in [-0.2, -0.15) is 0 Å². The molecule has 0 atom stereocenters. The van der Waals surface area contributed by atoms with Gasteiger partial charge in [-0.1, -0.05) is 31.5 Å². The number of hydrogen-bond acceptors (Lipinski definition) is 5. The highest BCUT2D eigenvalue weighted by atomic mass is 35.7. The van der Waals surface area contributed by atoms with Gasteiger partial charge in [-0.15, -0.1) is 0 Å². The molecule has 0 fully saturated rings. The topological polar surface area (TPSA) is 72.9 Å². The molecule has 1 amide bonds. The zero-order valence-corrected chi connectivity index (χ0v) is 19.1. The molecule has 2 aromatic rings. The molecule has 0 saturated heterocycles. The Bertz CT molecular complexity index is 1130. The fourth-order valence-corrected chi connectivity index (χ4v) is 5.52. The number of rotatable bonds is 6. The Kier molecular flexibility index (Phi) is 6.23. The smallest absolute Gasteiger partial charge is 0.262 e. The molecule has 3 rings (SSSR count). The van der Waals surface area contributed by atoms with Crippen LogP contribution in [0.1, 0.15) is 46.8 Å². The summed E-state index contributed by atoms with van der Waals surface area (Å²) in [7, 11) is 4.35. The Labute approximate surface area is 183 Å². The van der Waals surface area contributed by atoms with E-state index in [1.165, 1.54) is 37.3 Å². The largest absolute Gasteiger partial charge is 0.492 e. The number of hydrogen-bond donors (Lipinski definition) is 0. The van der Waals surface area contributed by atoms with Crippen molar-refractivity contribution >= 4 is 37.2 Å². The molecule has 0 bridgehead atoms. The van der Waals surface area contributed by atoms with Crippen LogP contribution in [0.25, 0.3) is 0 Å². The third-order valence-electron chi connectivity index (χ3n) is 4.94. The molecule has 0 N–H and O–H groups in total. The van der Waals surface area contributed by atoms with Gasteiger partial charge in [0.05, 0.1) is 29.7 Å². The van der Waals surface area contributed by atoms with Crippen LogP contribution < -0.4 is 9.47 Å². The maximum atomic E-state index is 13.5. The summed E-state index contributed by atoms with van der Waals surface area (Å²) in [6.45, 7) is 3.68. The molecule has 1 aliphatic heterocycles. The van der Waals surface area contributed by atoms with E-state index in [-0.39, 0.29) is 51.6 Å². The fraction of sp³-hybridized carbons (Fsp3) is 0.350. The van der Waals surface area contributed by atoms with Crippen LogP contribution in [0.2, 0.25) is 5.02 Å². The van der Waals surface area contributed by atoms with E-state index in [0.717, 1.165) is 0 Å². The van der Waals surface area contributed by atoms with Crippen LogP contribution in [0.5, 0.6) is 11.5 Å². The monoisotopic (exact) mass is 475 g/mol. The maximum Gasteiger partial charge on any atom is 0.262 e. The number of halogens is 3. The minimum Gasteiger partial charge on any atom is -0.492 e. The van der Waals surface area contributed by atoms with E-state index in [9.17, 15) is 17.6 Å². The summed E-state index contributed by atoms with van der Waals surface area (Å²) >= 11 is 5.84. The molecule has 0 spiro atoms. The number of amides is 1. The van der Waals surface area contributed by atoms with Crippen LogP contribution >= 0.6 is 22.3 Å². The lowest BCUT2D eigenvalue weighted by Crippen LogP contribution is -2.23. The number of fused-ring (bicyclic) bond motifs is 1. The predicted molar refractivity (Wildman–Crippen MR) is 112 cm³/mol. The second-order valence-corrected chi connectivity index (χ2v) is 10.1. The molecular weight excluding hydrogens is 456 g/mol. The van der Waals surface area contributed by atoms with Crippen LogP contribution in [0.15, 0.2) is 23.1 Å². The third kappa shape index (κ3) is 3.84. The van der Waals surface area contributed by atoms with Gasteiger partial charge in [0.25, 0.3) is 15.0 Å². The molecule has 1 heterocycles. The van der Waals surface area contributed by atoms with Gasteiger partial charge in [0.1, 0.15) is 5.82 Å². The number of methoxy groups -OCH3 is 2. The Morgan fingerprint density at radius 3 is 2.33 bits per heavy atom. The lowest BCUT2D eigenvalue weighted by atomic mass is 9.95. The SMILES string of the molecule is COc1c(OC)c(C(C)C)c(S(=O)(=O)Cl)c2c1C(=O)N(Cc1ccc(F)c(Cl)c1)C2. The quantitative estimate of drug-likeness (QED) is 0.565. The third-order valence-corrected chi connectivity index (χ3v) is 6.64. The molecule has 10 heteroatoms. The first-order chi connectivity index (χ1) is 14.0. The van der Waals surface area contributed by atoms with Crippen LogP contribution in [-0.4, -0.2) is 33.4 Å². The van der Waals surface area contributed by atoms with Gasteiger partial charge >= 0.3 is 0 Å². The van der Waals surface area contributed by atoms with Gasteiger partial charge in [-0.3, -0.25) is 4.79 Å². The van der Waals surface area contributed by atoms with Gasteiger partial charge in [-0.25, -0.2) is 12.8 Å². The summed E-state index contributed by atoms with van der Waals surface area (Å²) in [5, 5.41) is -0.0676. The highest BCUT2D eigenvalue weighted by molar-refractivity contribution is 8.13. The highest BCUT2D eigenvalue weighted by Gasteiger charge is 2.41. The molecule has 0 aliphatic carbocycles. The van der Waals surface area contributed by atoms with Gasteiger partial charge in [0.15, 0.2) is 11.5 Å². The van der Waals surface area contributed by atoms with E-state index in [4.69, 9.17) is 31.8 Å². The highest BCUT2D eigenvalue weighted by Crippen LogP contribution is 2.49. The molecule has 1 aliphatic rings. The summed E-state index contributed by atoms with van der Waals surface area (Å²) in [5.41, 5.74) is 1.28. The van der Waals surface area contributed by atoms with E-state index < -0.39 is 20.8 Å². The van der Waals surface area contributed by atoms with Gasteiger partial charge in [0, 0.05) is 34.9 Å². The normalized spacial score (nSPS) is 13.7. The number of nitrogens with zero attached hydrogens (tertiary/aromatic N) is 1. The van der Waals surface area contributed by atoms with Crippen molar-refractivity contribution in [2.75, 3.05) is 14.2 Å². The maximum absolute atomic E-state index is 13.5. The molecule has 2 aromatic carbocycles. The Balaban J connectivity index is 2.21. The minimum atomic E-state index is -4.21. The van der Waals surface area contributed by atoms with Crippen molar-refractivity contribution in [3.05, 3.63) is 51.3 Å². The van der Waals surface area contributed by atoms with E-state index in [2.05, 4.69) is 0 Å². The zero-order valence-electron chi connectivity index (χ0n) is 16.8. The first-order valence-electron chi connectivity index (χ1n) is 8.99. The van der Waals surface area contributed by atoms with Crippen molar-refractivity contribution < 1.29 is 27.1 Å². The van der Waals surface area contributed by atoms with Gasteiger partial charge < -0.3 is 14.4 Å². The molecule has 0 unspecified atom stereocenters. The Hall–Kier alpha value is -2.03. The average molecular weight is 476 g/mol. The van der Waals surface area contributed by atoms with Crippen molar-refractivity contribution in [2.45, 2.75) is 37.8 Å². The van der Waals surface area contributed by atoms with E-state index in [1.807, 2.05) is 0 Å². The lowest BCUT2D eigenvalue weighted by molar-refractivity contribution is 0.0763.